The molecule has 4 heterocycles. The molecule has 51 heavy (non-hydrogen) atoms. The summed E-state index contributed by atoms with van der Waals surface area (Å²) >= 11 is 0. The summed E-state index contributed by atoms with van der Waals surface area (Å²) in [6.07, 6.45) is 0.227. The van der Waals surface area contributed by atoms with E-state index in [1.165, 1.54) is 0 Å². The molecule has 0 fully saturated rings. The Morgan fingerprint density at radius 2 is 1.22 bits per heavy atom. The molecule has 0 saturated carbocycles. The number of rotatable bonds is 11. The maximum absolute atomic E-state index is 11.9. The van der Waals surface area contributed by atoms with Crippen LogP contribution in [-0.4, -0.2) is 67.9 Å². The first-order chi connectivity index (χ1) is 24.5. The fourth-order valence-corrected chi connectivity index (χ4v) is 4.48. The van der Waals surface area contributed by atoms with E-state index in [0.717, 1.165) is 22.6 Å². The zero-order valence-electron chi connectivity index (χ0n) is 26.4. The lowest BCUT2D eigenvalue weighted by Gasteiger charge is -2.07. The van der Waals surface area contributed by atoms with Crippen molar-refractivity contribution in [3.05, 3.63) is 105 Å². The van der Waals surface area contributed by atoms with Crippen molar-refractivity contribution in [2.45, 2.75) is 51.1 Å². The third kappa shape index (κ3) is 10.3. The smallest absolute Gasteiger partial charge is 0.310 e. The van der Waals surface area contributed by atoms with Crippen LogP contribution in [0.1, 0.15) is 69.2 Å². The number of primary amides is 2. The number of nitrogens with two attached hydrogens (primary N) is 2. The molecule has 2 unspecified atom stereocenters. The van der Waals surface area contributed by atoms with Crippen LogP contribution in [0.15, 0.2) is 80.2 Å². The molecule has 6 N–H and O–H groups in total. The molecule has 2 atom stereocenters. The lowest BCUT2D eigenvalue weighted by Crippen LogP contribution is -2.35. The summed E-state index contributed by atoms with van der Waals surface area (Å²) in [6, 6.07) is 19.1. The second kappa shape index (κ2) is 17.5. The molecule has 21 heteroatoms. The average Bonchev–Trinajstić information content (AvgIpc) is 3.92. The minimum atomic E-state index is -1.03. The number of carbonyl (C=O) groups is 4. The predicted octanol–water partition coefficient (Wildman–Crippen LogP) is -0.413. The first kappa shape index (κ1) is 36.9. The van der Waals surface area contributed by atoms with Crippen LogP contribution >= 0.6 is 0 Å². The lowest BCUT2D eigenvalue weighted by molar-refractivity contribution is -0.803. The lowest BCUT2D eigenvalue weighted by atomic mass is 10.0. The van der Waals surface area contributed by atoms with E-state index in [4.69, 9.17) is 36.1 Å². The van der Waals surface area contributed by atoms with Gasteiger partial charge in [0.2, 0.25) is 0 Å². The van der Waals surface area contributed by atoms with E-state index in [9.17, 15) is 29.6 Å². The Bertz CT molecular complexity index is 1890. The van der Waals surface area contributed by atoms with Gasteiger partial charge in [-0.2, -0.15) is 0 Å². The second-order valence-electron chi connectivity index (χ2n) is 10.5. The van der Waals surface area contributed by atoms with Gasteiger partial charge in [0.15, 0.2) is 6.61 Å². The fraction of sp³-hybridized carbons (Fsp3) is 0.267. The number of hydrogen-bond donors (Lipinski definition) is 4. The summed E-state index contributed by atoms with van der Waals surface area (Å²) in [7, 11) is 0. The highest BCUT2D eigenvalue weighted by molar-refractivity contribution is 6.02. The number of nitrogens with zero attached hydrogens (tertiary/aromatic N) is 6. The Hall–Kier alpha value is -6.90. The number of hydrogen-bond acceptors (Lipinski definition) is 16. The van der Waals surface area contributed by atoms with Crippen molar-refractivity contribution >= 4 is 35.2 Å². The number of aromatic nitrogens is 4. The summed E-state index contributed by atoms with van der Waals surface area (Å²) in [5.74, 6) is -3.46. The van der Waals surface area contributed by atoms with Crippen molar-refractivity contribution in [2.75, 3.05) is 0 Å². The van der Waals surface area contributed by atoms with Crippen molar-refractivity contribution in [2.24, 2.45) is 21.8 Å². The standard InChI is InChI=1S/C15H14N4O6.C11H11NO3.C4H5N3O4/c16-15(21)14-12(18-25-19(14)22)8-23-13(20)7-10-6-11(17-24-10)9-4-2-1-3-5-9;13-11(14)7-9-6-10(12-15-9)8-4-2-1-3-5-8;5-4(9)3-2(1-8)6-11-7(3)10/h1-5,10H,6-8H2,(H2,16,21);1-5,9H,6-7H2,(H,13,14);8H,1H2,(H2,5,9). The van der Waals surface area contributed by atoms with Gasteiger partial charge in [0.05, 0.1) is 24.3 Å². The number of ether oxygens (including phenoxy) is 1. The van der Waals surface area contributed by atoms with E-state index in [1.54, 1.807) is 0 Å². The van der Waals surface area contributed by atoms with Crippen LogP contribution in [0.4, 0.5) is 0 Å². The molecule has 2 amide bonds. The topological polar surface area (TPSA) is 319 Å². The van der Waals surface area contributed by atoms with Gasteiger partial charge in [0.25, 0.3) is 34.6 Å². The Morgan fingerprint density at radius 3 is 1.65 bits per heavy atom. The number of amides is 2. The first-order valence-electron chi connectivity index (χ1n) is 14.8. The summed E-state index contributed by atoms with van der Waals surface area (Å²) in [4.78, 5) is 53.9. The van der Waals surface area contributed by atoms with Gasteiger partial charge < -0.3 is 46.5 Å². The zero-order chi connectivity index (χ0) is 36.9. The summed E-state index contributed by atoms with van der Waals surface area (Å²) in [5, 5.41) is 53.1. The molecular weight excluding hydrogens is 680 g/mol. The highest BCUT2D eigenvalue weighted by Crippen LogP contribution is 2.20. The number of carbonyl (C=O) groups excluding carboxylic acids is 3. The Morgan fingerprint density at radius 1 is 0.765 bits per heavy atom. The minimum Gasteiger partial charge on any atom is -0.481 e. The van der Waals surface area contributed by atoms with Gasteiger partial charge in [-0.3, -0.25) is 28.4 Å². The molecule has 21 nitrogen and oxygen atoms in total. The first-order valence-corrected chi connectivity index (χ1v) is 14.8. The quantitative estimate of drug-likeness (QED) is 0.113. The third-order valence-corrected chi connectivity index (χ3v) is 6.83. The summed E-state index contributed by atoms with van der Waals surface area (Å²) in [6.45, 7) is -0.966. The molecule has 2 aliphatic rings. The molecule has 4 aromatic rings. The highest BCUT2D eigenvalue weighted by atomic mass is 16.8. The van der Waals surface area contributed by atoms with Gasteiger partial charge in [-0.25, -0.2) is 0 Å². The molecule has 0 spiro atoms. The van der Waals surface area contributed by atoms with Crippen LogP contribution in [0, 0.1) is 10.4 Å². The zero-order valence-corrected chi connectivity index (χ0v) is 26.4. The van der Waals surface area contributed by atoms with Crippen LogP contribution < -0.4 is 21.3 Å². The van der Waals surface area contributed by atoms with Gasteiger partial charge in [-0.15, -0.1) is 0 Å². The van der Waals surface area contributed by atoms with Crippen molar-refractivity contribution < 1.29 is 62.9 Å². The molecule has 6 rings (SSSR count). The molecule has 0 saturated heterocycles. The maximum atomic E-state index is 11.9. The molecule has 2 aromatic heterocycles. The van der Waals surface area contributed by atoms with Gasteiger partial charge in [-0.1, -0.05) is 71.0 Å². The molecule has 2 aliphatic heterocycles. The largest absolute Gasteiger partial charge is 0.481 e. The SMILES string of the molecule is NC(=O)c1c(CO)no[n+]1[O-].NC(=O)c1c(COC(=O)CC2CC(c3ccccc3)=NO2)no[n+]1[O-].O=C(O)CC1CC(c2ccccc2)=NO1. The number of aliphatic carboxylic acids is 1. The molecule has 0 radical (unpaired) electrons. The fourth-order valence-electron chi connectivity index (χ4n) is 4.48. The van der Waals surface area contributed by atoms with Gasteiger partial charge in [-0.05, 0) is 20.9 Å². The molecule has 0 aliphatic carbocycles. The van der Waals surface area contributed by atoms with E-state index >= 15 is 0 Å². The summed E-state index contributed by atoms with van der Waals surface area (Å²) < 4.78 is 13.2. The van der Waals surface area contributed by atoms with Crippen LogP contribution in [-0.2, 0) is 37.2 Å². The second-order valence-corrected chi connectivity index (χ2v) is 10.5. The Labute approximate surface area is 286 Å². The number of benzene rings is 2. The number of oxime groups is 2. The van der Waals surface area contributed by atoms with E-state index in [2.05, 4.69) is 29.9 Å². The highest BCUT2D eigenvalue weighted by Gasteiger charge is 2.29. The van der Waals surface area contributed by atoms with Crippen LogP contribution in [0.3, 0.4) is 0 Å². The maximum Gasteiger partial charge on any atom is 0.310 e. The van der Waals surface area contributed by atoms with Crippen LogP contribution in [0.2, 0.25) is 0 Å². The number of esters is 1. The molecule has 268 valence electrons. The number of aliphatic hydroxyl groups is 1. The van der Waals surface area contributed by atoms with Crippen molar-refractivity contribution in [3.63, 3.8) is 0 Å². The van der Waals surface area contributed by atoms with Gasteiger partial charge in [0.1, 0.15) is 18.8 Å². The van der Waals surface area contributed by atoms with E-state index in [0.29, 0.717) is 12.8 Å². The third-order valence-electron chi connectivity index (χ3n) is 6.83. The minimum absolute atomic E-state index is 0.000165. The number of carboxylic acids is 1. The Balaban J connectivity index is 0.000000190. The van der Waals surface area contributed by atoms with Crippen molar-refractivity contribution in [3.8, 4) is 0 Å². The predicted molar refractivity (Wildman–Crippen MR) is 165 cm³/mol. The van der Waals surface area contributed by atoms with E-state index in [-0.39, 0.29) is 40.1 Å². The van der Waals surface area contributed by atoms with Crippen LogP contribution in [0.5, 0.6) is 0 Å². The molecule has 2 aromatic carbocycles. The average molecular weight is 711 g/mol. The monoisotopic (exact) mass is 710 g/mol. The van der Waals surface area contributed by atoms with E-state index < -0.39 is 54.5 Å². The number of carboxylic acid groups (broad SMARTS) is 1. The van der Waals surface area contributed by atoms with Gasteiger partial charge in [0, 0.05) is 23.2 Å². The number of aliphatic hydroxyl groups excluding tert-OH is 1. The normalized spacial score (nSPS) is 15.8. The summed E-state index contributed by atoms with van der Waals surface area (Å²) in [5.41, 5.74) is 12.0. The van der Waals surface area contributed by atoms with Crippen molar-refractivity contribution in [1.82, 2.24) is 10.3 Å². The van der Waals surface area contributed by atoms with Gasteiger partial charge >= 0.3 is 11.9 Å². The molecular formula is C30H30N8O13. The van der Waals surface area contributed by atoms with Crippen molar-refractivity contribution in [1.29, 1.82) is 0 Å². The van der Waals surface area contributed by atoms with Crippen LogP contribution in [0.25, 0.3) is 0 Å². The van der Waals surface area contributed by atoms with E-state index in [1.807, 2.05) is 60.7 Å². The molecule has 0 bridgehead atoms. The Kier molecular flexibility index (Phi) is 12.7.